The van der Waals surface area contributed by atoms with Crippen LogP contribution in [0.2, 0.25) is 5.02 Å². The highest BCUT2D eigenvalue weighted by Gasteiger charge is 2.30. The molecular weight excluding hydrogens is 252 g/mol. The topological polar surface area (TPSA) is 61.0 Å². The Bertz CT molecular complexity index is 485. The van der Waals surface area contributed by atoms with Crippen LogP contribution in [0.4, 0.5) is 5.82 Å². The predicted molar refractivity (Wildman–Crippen MR) is 71.3 cm³/mol. The lowest BCUT2D eigenvalue weighted by Crippen LogP contribution is -2.39. The summed E-state index contributed by atoms with van der Waals surface area (Å²) in [6, 6.07) is 1.10. The molecular formula is C12H17ClN4O. The Morgan fingerprint density at radius 3 is 3.11 bits per heavy atom. The second kappa shape index (κ2) is 4.90. The third kappa shape index (κ3) is 2.37. The standard InChI is InChI=1S/C12H17ClN4O/c13-10-11(15-7-16-12(10)18)17-5-1-2-9(17)6-14-8-3-4-8/h7-9,14H,1-6H2,(H,15,16,18). The van der Waals surface area contributed by atoms with E-state index in [9.17, 15) is 4.79 Å². The van der Waals surface area contributed by atoms with Crippen molar-refractivity contribution < 1.29 is 0 Å². The van der Waals surface area contributed by atoms with Gasteiger partial charge in [0.15, 0.2) is 5.82 Å². The molecule has 1 saturated carbocycles. The van der Waals surface area contributed by atoms with Crippen LogP contribution in [0.3, 0.4) is 0 Å². The van der Waals surface area contributed by atoms with E-state index in [0.29, 0.717) is 17.9 Å². The third-order valence-corrected chi connectivity index (χ3v) is 3.99. The van der Waals surface area contributed by atoms with Gasteiger partial charge in [0.2, 0.25) is 0 Å². The molecule has 2 heterocycles. The van der Waals surface area contributed by atoms with Crippen LogP contribution in [0, 0.1) is 0 Å². The molecule has 1 aliphatic heterocycles. The minimum absolute atomic E-state index is 0.204. The summed E-state index contributed by atoms with van der Waals surface area (Å²) in [7, 11) is 0. The van der Waals surface area contributed by atoms with Crippen molar-refractivity contribution in [3.8, 4) is 0 Å². The summed E-state index contributed by atoms with van der Waals surface area (Å²) in [5, 5.41) is 3.74. The maximum atomic E-state index is 11.5. The SMILES string of the molecule is O=c1[nH]cnc(N2CCCC2CNC2CC2)c1Cl. The van der Waals surface area contributed by atoms with Gasteiger partial charge in [-0.2, -0.15) is 0 Å². The van der Waals surface area contributed by atoms with Crippen LogP contribution in [0.1, 0.15) is 25.7 Å². The van der Waals surface area contributed by atoms with E-state index in [1.807, 2.05) is 0 Å². The molecule has 0 spiro atoms. The van der Waals surface area contributed by atoms with Crippen LogP contribution in [0.15, 0.2) is 11.1 Å². The van der Waals surface area contributed by atoms with Crippen molar-refractivity contribution >= 4 is 17.4 Å². The molecule has 1 aliphatic carbocycles. The number of nitrogens with one attached hydrogen (secondary N) is 2. The Labute approximate surface area is 111 Å². The van der Waals surface area contributed by atoms with Gasteiger partial charge in [-0.25, -0.2) is 4.98 Å². The zero-order valence-electron chi connectivity index (χ0n) is 10.2. The smallest absolute Gasteiger partial charge is 0.271 e. The second-order valence-electron chi connectivity index (χ2n) is 5.04. The summed E-state index contributed by atoms with van der Waals surface area (Å²) >= 11 is 6.05. The number of nitrogens with zero attached hydrogens (tertiary/aromatic N) is 2. The van der Waals surface area contributed by atoms with Gasteiger partial charge >= 0.3 is 0 Å². The van der Waals surface area contributed by atoms with E-state index >= 15 is 0 Å². The van der Waals surface area contributed by atoms with Gasteiger partial charge in [0.25, 0.3) is 5.56 Å². The van der Waals surface area contributed by atoms with Crippen molar-refractivity contribution in [3.63, 3.8) is 0 Å². The zero-order chi connectivity index (χ0) is 12.5. The molecule has 0 amide bonds. The van der Waals surface area contributed by atoms with Gasteiger partial charge in [0.1, 0.15) is 5.02 Å². The molecule has 0 radical (unpaired) electrons. The molecule has 0 aromatic carbocycles. The molecule has 1 saturated heterocycles. The number of anilines is 1. The van der Waals surface area contributed by atoms with Crippen molar-refractivity contribution in [2.24, 2.45) is 0 Å². The molecule has 18 heavy (non-hydrogen) atoms. The van der Waals surface area contributed by atoms with Crippen molar-refractivity contribution in [1.29, 1.82) is 0 Å². The van der Waals surface area contributed by atoms with Gasteiger partial charge in [0, 0.05) is 25.2 Å². The Kier molecular flexibility index (Phi) is 3.26. The number of H-pyrrole nitrogens is 1. The first-order valence-corrected chi connectivity index (χ1v) is 6.86. The van der Waals surface area contributed by atoms with Crippen LogP contribution in [-0.2, 0) is 0 Å². The van der Waals surface area contributed by atoms with Gasteiger partial charge < -0.3 is 15.2 Å². The van der Waals surface area contributed by atoms with E-state index < -0.39 is 0 Å². The molecule has 98 valence electrons. The molecule has 0 bridgehead atoms. The van der Waals surface area contributed by atoms with Gasteiger partial charge in [0.05, 0.1) is 6.33 Å². The molecule has 2 aliphatic rings. The lowest BCUT2D eigenvalue weighted by Gasteiger charge is -2.26. The number of hydrogen-bond donors (Lipinski definition) is 2. The largest absolute Gasteiger partial charge is 0.351 e. The fourth-order valence-corrected chi connectivity index (χ4v) is 2.70. The first-order chi connectivity index (χ1) is 8.75. The number of hydrogen-bond acceptors (Lipinski definition) is 4. The number of aromatic amines is 1. The summed E-state index contributed by atoms with van der Waals surface area (Å²) in [6.45, 7) is 1.88. The van der Waals surface area contributed by atoms with Gasteiger partial charge in [-0.15, -0.1) is 0 Å². The number of rotatable bonds is 4. The summed E-state index contributed by atoms with van der Waals surface area (Å²) in [5.41, 5.74) is -0.262. The quantitative estimate of drug-likeness (QED) is 0.860. The van der Waals surface area contributed by atoms with E-state index in [0.717, 1.165) is 25.9 Å². The average Bonchev–Trinajstić information content (AvgIpc) is 3.08. The molecule has 6 heteroatoms. The predicted octanol–water partition coefficient (Wildman–Crippen LogP) is 1.14. The van der Waals surface area contributed by atoms with Crippen LogP contribution in [-0.4, -0.2) is 35.1 Å². The first-order valence-electron chi connectivity index (χ1n) is 6.49. The van der Waals surface area contributed by atoms with Crippen LogP contribution >= 0.6 is 11.6 Å². The number of aromatic nitrogens is 2. The van der Waals surface area contributed by atoms with E-state index in [-0.39, 0.29) is 10.6 Å². The highest BCUT2D eigenvalue weighted by Crippen LogP contribution is 2.28. The summed E-state index contributed by atoms with van der Waals surface area (Å²) in [4.78, 5) is 20.4. The maximum Gasteiger partial charge on any atom is 0.271 e. The lowest BCUT2D eigenvalue weighted by molar-refractivity contribution is 0.568. The van der Waals surface area contributed by atoms with Gasteiger partial charge in [-0.05, 0) is 25.7 Å². The fraction of sp³-hybridized carbons (Fsp3) is 0.667. The van der Waals surface area contributed by atoms with Crippen molar-refractivity contribution in [2.75, 3.05) is 18.0 Å². The van der Waals surface area contributed by atoms with Gasteiger partial charge in [-0.3, -0.25) is 4.79 Å². The van der Waals surface area contributed by atoms with E-state index in [4.69, 9.17) is 11.6 Å². The van der Waals surface area contributed by atoms with Gasteiger partial charge in [-0.1, -0.05) is 11.6 Å². The molecule has 3 rings (SSSR count). The summed E-state index contributed by atoms with van der Waals surface area (Å²) in [5.74, 6) is 0.625. The molecule has 5 nitrogen and oxygen atoms in total. The Morgan fingerprint density at radius 2 is 2.33 bits per heavy atom. The molecule has 2 fully saturated rings. The van der Waals surface area contributed by atoms with E-state index in [1.165, 1.54) is 19.2 Å². The molecule has 1 unspecified atom stereocenters. The van der Waals surface area contributed by atoms with Crippen LogP contribution in [0.5, 0.6) is 0 Å². The first kappa shape index (κ1) is 12.0. The van der Waals surface area contributed by atoms with E-state index in [1.54, 1.807) is 0 Å². The summed E-state index contributed by atoms with van der Waals surface area (Å²) < 4.78 is 0. The van der Waals surface area contributed by atoms with Crippen molar-refractivity contribution in [2.45, 2.75) is 37.8 Å². The highest BCUT2D eigenvalue weighted by molar-refractivity contribution is 6.32. The maximum absolute atomic E-state index is 11.5. The molecule has 2 N–H and O–H groups in total. The Hall–Kier alpha value is -1.07. The second-order valence-corrected chi connectivity index (χ2v) is 5.42. The van der Waals surface area contributed by atoms with E-state index in [2.05, 4.69) is 20.2 Å². The average molecular weight is 269 g/mol. The van der Waals surface area contributed by atoms with Crippen LogP contribution < -0.4 is 15.8 Å². The van der Waals surface area contributed by atoms with Crippen molar-refractivity contribution in [1.82, 2.24) is 15.3 Å². The Morgan fingerprint density at radius 1 is 1.50 bits per heavy atom. The monoisotopic (exact) mass is 268 g/mol. The third-order valence-electron chi connectivity index (χ3n) is 3.65. The highest BCUT2D eigenvalue weighted by atomic mass is 35.5. The van der Waals surface area contributed by atoms with Crippen molar-refractivity contribution in [3.05, 3.63) is 21.7 Å². The minimum atomic E-state index is -0.262. The molecule has 1 aromatic rings. The number of halogens is 1. The molecule has 1 aromatic heterocycles. The van der Waals surface area contributed by atoms with Crippen LogP contribution in [0.25, 0.3) is 0 Å². The zero-order valence-corrected chi connectivity index (χ0v) is 10.9. The fourth-order valence-electron chi connectivity index (χ4n) is 2.49. The molecule has 1 atom stereocenters. The Balaban J connectivity index is 1.76. The summed E-state index contributed by atoms with van der Waals surface area (Å²) in [6.07, 6.45) is 6.26. The lowest BCUT2D eigenvalue weighted by atomic mass is 10.2. The minimum Gasteiger partial charge on any atom is -0.351 e. The normalized spacial score (nSPS) is 23.6.